The monoisotopic (exact) mass is 355 g/mol. The number of rotatable bonds is 5. The van der Waals surface area contributed by atoms with Gasteiger partial charge in [0.05, 0.1) is 12.5 Å². The van der Waals surface area contributed by atoms with Crippen molar-refractivity contribution in [2.75, 3.05) is 5.32 Å². The number of carboxylic acids is 1. The minimum absolute atomic E-state index is 0.0520. The second-order valence-electron chi connectivity index (χ2n) is 5.68. The summed E-state index contributed by atoms with van der Waals surface area (Å²) in [6.07, 6.45) is 0. The summed E-state index contributed by atoms with van der Waals surface area (Å²) in [5.41, 5.74) is 2.59. The van der Waals surface area contributed by atoms with Crippen LogP contribution in [-0.4, -0.2) is 27.4 Å². The quantitative estimate of drug-likeness (QED) is 0.882. The molecule has 1 aliphatic rings. The topological polar surface area (TPSA) is 89.5 Å². The van der Waals surface area contributed by atoms with E-state index in [1.54, 1.807) is 12.1 Å². The van der Waals surface area contributed by atoms with Crippen LogP contribution >= 0.6 is 11.8 Å². The highest BCUT2D eigenvalue weighted by Gasteiger charge is 2.39. The lowest BCUT2D eigenvalue weighted by molar-refractivity contribution is -0.255. The van der Waals surface area contributed by atoms with Crippen LogP contribution in [0, 0.1) is 6.92 Å². The summed E-state index contributed by atoms with van der Waals surface area (Å²) in [6.45, 7) is 2.07. The maximum Gasteiger partial charge on any atom is 0.291 e. The van der Waals surface area contributed by atoms with Crippen LogP contribution < -0.4 is 10.4 Å². The van der Waals surface area contributed by atoms with Crippen LogP contribution in [0.3, 0.4) is 0 Å². The molecule has 0 bridgehead atoms. The third-order valence-electron chi connectivity index (χ3n) is 3.81. The molecule has 0 radical (unpaired) electrons. The van der Waals surface area contributed by atoms with Crippen molar-refractivity contribution in [2.45, 2.75) is 18.8 Å². The number of amides is 2. The summed E-state index contributed by atoms with van der Waals surface area (Å²) in [5, 5.41) is 12.8. The molecule has 0 unspecified atom stereocenters. The Balaban J connectivity index is 1.68. The van der Waals surface area contributed by atoms with E-state index in [1.165, 1.54) is 12.1 Å². The lowest BCUT2D eigenvalue weighted by Crippen LogP contribution is -2.34. The Kier molecular flexibility index (Phi) is 4.76. The Morgan fingerprint density at radius 1 is 1.12 bits per heavy atom. The van der Waals surface area contributed by atoms with Crippen molar-refractivity contribution < 1.29 is 19.5 Å². The van der Waals surface area contributed by atoms with E-state index < -0.39 is 11.3 Å². The zero-order chi connectivity index (χ0) is 18.0. The van der Waals surface area contributed by atoms with Crippen LogP contribution in [0.4, 0.5) is 10.5 Å². The first-order chi connectivity index (χ1) is 11.9. The molecule has 3 rings (SSSR count). The molecule has 1 heterocycles. The zero-order valence-electron chi connectivity index (χ0n) is 13.4. The van der Waals surface area contributed by atoms with Gasteiger partial charge in [-0.05, 0) is 41.9 Å². The molecule has 2 aromatic rings. The molecule has 1 aliphatic heterocycles. The molecule has 1 atom stereocenters. The molecule has 25 heavy (non-hydrogen) atoms. The van der Waals surface area contributed by atoms with Crippen molar-refractivity contribution in [1.29, 1.82) is 0 Å². The molecule has 6 nitrogen and oxygen atoms in total. The number of aryl methyl sites for hydroxylation is 1. The van der Waals surface area contributed by atoms with Gasteiger partial charge in [0.1, 0.15) is 0 Å². The predicted octanol–water partition coefficient (Wildman–Crippen LogP) is 1.99. The number of nitrogens with zero attached hydrogens (tertiary/aromatic N) is 1. The van der Waals surface area contributed by atoms with Crippen molar-refractivity contribution >= 4 is 34.6 Å². The molecule has 0 aromatic heterocycles. The lowest BCUT2D eigenvalue weighted by atomic mass is 10.1. The molecule has 2 amide bonds. The van der Waals surface area contributed by atoms with Gasteiger partial charge in [-0.15, -0.1) is 0 Å². The van der Waals surface area contributed by atoms with E-state index in [0.717, 1.165) is 27.9 Å². The summed E-state index contributed by atoms with van der Waals surface area (Å²) in [7, 11) is 0. The highest BCUT2D eigenvalue weighted by atomic mass is 32.2. The van der Waals surface area contributed by atoms with Crippen molar-refractivity contribution in [3.05, 3.63) is 65.2 Å². The standard InChI is InChI=1S/C18H16N2O4S/c1-11-2-8-14(9-3-11)19-15-16(21)20(18(24)25-15)10-12-4-6-13(7-5-12)17(22)23/h2-9,15,19H,10H2,1H3,(H,22,23)/p-1/t15-/m0/s1. The summed E-state index contributed by atoms with van der Waals surface area (Å²) in [5.74, 6) is -1.59. The van der Waals surface area contributed by atoms with Crippen LogP contribution in [0.2, 0.25) is 0 Å². The number of imide groups is 1. The maximum atomic E-state index is 12.5. The molecular formula is C18H15N2O4S-. The third kappa shape index (κ3) is 3.83. The van der Waals surface area contributed by atoms with Crippen molar-refractivity contribution in [2.24, 2.45) is 0 Å². The molecular weight excluding hydrogens is 340 g/mol. The highest BCUT2D eigenvalue weighted by molar-refractivity contribution is 8.15. The Labute approximate surface area is 148 Å². The number of nitrogens with one attached hydrogen (secondary N) is 1. The number of benzene rings is 2. The summed E-state index contributed by atoms with van der Waals surface area (Å²) in [4.78, 5) is 36.5. The van der Waals surface area contributed by atoms with Crippen LogP contribution in [0.25, 0.3) is 0 Å². The largest absolute Gasteiger partial charge is 0.545 e. The number of carboxylic acid groups (broad SMARTS) is 1. The van der Waals surface area contributed by atoms with Crippen molar-refractivity contribution in [1.82, 2.24) is 4.90 Å². The lowest BCUT2D eigenvalue weighted by Gasteiger charge is -2.15. The van der Waals surface area contributed by atoms with Gasteiger partial charge in [0.2, 0.25) is 0 Å². The van der Waals surface area contributed by atoms with Crippen LogP contribution in [0.1, 0.15) is 21.5 Å². The summed E-state index contributed by atoms with van der Waals surface area (Å²) >= 11 is 0.930. The summed E-state index contributed by atoms with van der Waals surface area (Å²) in [6, 6.07) is 13.5. The van der Waals surface area contributed by atoms with E-state index in [0.29, 0.717) is 5.56 Å². The number of thioether (sulfide) groups is 1. The molecule has 1 fully saturated rings. The van der Waals surface area contributed by atoms with Gasteiger partial charge >= 0.3 is 0 Å². The molecule has 0 spiro atoms. The van der Waals surface area contributed by atoms with E-state index >= 15 is 0 Å². The fourth-order valence-corrected chi connectivity index (χ4v) is 3.32. The fraction of sp³-hybridized carbons (Fsp3) is 0.167. The second kappa shape index (κ2) is 6.98. The molecule has 0 saturated carbocycles. The highest BCUT2D eigenvalue weighted by Crippen LogP contribution is 2.29. The minimum Gasteiger partial charge on any atom is -0.545 e. The van der Waals surface area contributed by atoms with E-state index in [9.17, 15) is 19.5 Å². The fourth-order valence-electron chi connectivity index (χ4n) is 2.41. The minimum atomic E-state index is -1.27. The Morgan fingerprint density at radius 3 is 2.36 bits per heavy atom. The number of aromatic carboxylic acids is 1. The molecule has 1 N–H and O–H groups in total. The Bertz CT molecular complexity index is 818. The van der Waals surface area contributed by atoms with Crippen LogP contribution in [0.15, 0.2) is 48.5 Å². The number of hydrogen-bond donors (Lipinski definition) is 1. The summed E-state index contributed by atoms with van der Waals surface area (Å²) < 4.78 is 0. The van der Waals surface area contributed by atoms with Crippen LogP contribution in [-0.2, 0) is 11.3 Å². The third-order valence-corrected chi connectivity index (χ3v) is 4.79. The molecule has 1 saturated heterocycles. The van der Waals surface area contributed by atoms with Gasteiger partial charge in [-0.1, -0.05) is 42.0 Å². The first-order valence-corrected chi connectivity index (χ1v) is 8.47. The van der Waals surface area contributed by atoms with Gasteiger partial charge in [0, 0.05) is 5.69 Å². The number of anilines is 1. The Hall–Kier alpha value is -2.80. The van der Waals surface area contributed by atoms with Gasteiger partial charge in [-0.3, -0.25) is 14.5 Å². The van der Waals surface area contributed by atoms with E-state index in [1.807, 2.05) is 31.2 Å². The van der Waals surface area contributed by atoms with Crippen molar-refractivity contribution in [3.63, 3.8) is 0 Å². The Morgan fingerprint density at radius 2 is 1.76 bits per heavy atom. The average Bonchev–Trinajstić information content (AvgIpc) is 2.85. The normalized spacial score (nSPS) is 17.0. The number of hydrogen-bond acceptors (Lipinski definition) is 6. The maximum absolute atomic E-state index is 12.5. The van der Waals surface area contributed by atoms with Gasteiger partial charge < -0.3 is 15.2 Å². The van der Waals surface area contributed by atoms with Gasteiger partial charge in [0.15, 0.2) is 5.37 Å². The second-order valence-corrected chi connectivity index (χ2v) is 6.74. The predicted molar refractivity (Wildman–Crippen MR) is 92.9 cm³/mol. The van der Waals surface area contributed by atoms with Gasteiger partial charge in [0.25, 0.3) is 11.1 Å². The number of carbonyl (C=O) groups is 3. The van der Waals surface area contributed by atoms with E-state index in [4.69, 9.17) is 0 Å². The van der Waals surface area contributed by atoms with Crippen LogP contribution in [0.5, 0.6) is 0 Å². The molecule has 0 aliphatic carbocycles. The first-order valence-electron chi connectivity index (χ1n) is 7.59. The van der Waals surface area contributed by atoms with Gasteiger partial charge in [-0.2, -0.15) is 0 Å². The average molecular weight is 355 g/mol. The first kappa shape index (κ1) is 17.0. The molecule has 2 aromatic carbocycles. The van der Waals surface area contributed by atoms with E-state index in [2.05, 4.69) is 5.32 Å². The molecule has 128 valence electrons. The smallest absolute Gasteiger partial charge is 0.291 e. The van der Waals surface area contributed by atoms with Crippen molar-refractivity contribution in [3.8, 4) is 0 Å². The SMILES string of the molecule is Cc1ccc(N[C@H]2SC(=O)N(Cc3ccc(C(=O)[O-])cc3)C2=O)cc1. The van der Waals surface area contributed by atoms with E-state index in [-0.39, 0.29) is 23.3 Å². The number of carbonyl (C=O) groups excluding carboxylic acids is 3. The molecule has 7 heteroatoms. The zero-order valence-corrected chi connectivity index (χ0v) is 14.2. The van der Waals surface area contributed by atoms with Gasteiger partial charge in [-0.25, -0.2) is 0 Å².